The Kier molecular flexibility index (Phi) is 4.19. The van der Waals surface area contributed by atoms with Crippen LogP contribution in [0.25, 0.3) is 0 Å². The van der Waals surface area contributed by atoms with Crippen LogP contribution in [0.4, 0.5) is 0 Å². The Hall–Kier alpha value is -1.06. The lowest BCUT2D eigenvalue weighted by Gasteiger charge is -2.21. The zero-order valence-corrected chi connectivity index (χ0v) is 9.43. The van der Waals surface area contributed by atoms with Gasteiger partial charge in [-0.2, -0.15) is 0 Å². The number of hydrogen-bond acceptors (Lipinski definition) is 3. The highest BCUT2D eigenvalue weighted by Crippen LogP contribution is 2.19. The molecule has 2 rings (SSSR count). The van der Waals surface area contributed by atoms with E-state index in [9.17, 15) is 5.11 Å². The van der Waals surface area contributed by atoms with Crippen LogP contribution in [-0.2, 0) is 0 Å². The standard InChI is InChI=1S/C13H19NO2/c15-10-12(13-7-4-8-16-13)14-9-11-5-2-1-3-6-11/h1-2,4,7-8,11-12,14-15H,3,5-6,9-10H2/t11-,12-/m1/s1. The Balaban J connectivity index is 1.81. The van der Waals surface area contributed by atoms with E-state index < -0.39 is 0 Å². The Morgan fingerprint density at radius 2 is 2.44 bits per heavy atom. The maximum Gasteiger partial charge on any atom is 0.123 e. The first kappa shape index (κ1) is 11.4. The van der Waals surface area contributed by atoms with Crippen LogP contribution in [0.3, 0.4) is 0 Å². The number of aliphatic hydroxyl groups is 1. The molecule has 0 amide bonds. The molecule has 1 aromatic heterocycles. The molecule has 0 spiro atoms. The molecule has 0 unspecified atom stereocenters. The molecule has 1 aliphatic carbocycles. The first-order valence-electron chi connectivity index (χ1n) is 5.93. The fourth-order valence-electron chi connectivity index (χ4n) is 2.10. The summed E-state index contributed by atoms with van der Waals surface area (Å²) in [5.74, 6) is 1.50. The van der Waals surface area contributed by atoms with E-state index in [0.29, 0.717) is 5.92 Å². The van der Waals surface area contributed by atoms with Crippen LogP contribution in [0.15, 0.2) is 35.0 Å². The highest BCUT2D eigenvalue weighted by molar-refractivity contribution is 5.04. The summed E-state index contributed by atoms with van der Waals surface area (Å²) in [6.07, 6.45) is 9.69. The SMILES string of the molecule is OC[C@@H](NC[C@@H]1CC=CCC1)c1ccco1. The van der Waals surface area contributed by atoms with Crippen molar-refractivity contribution < 1.29 is 9.52 Å². The number of hydrogen-bond donors (Lipinski definition) is 2. The summed E-state index contributed by atoms with van der Waals surface area (Å²) < 4.78 is 5.29. The Morgan fingerprint density at radius 3 is 3.06 bits per heavy atom. The fourth-order valence-corrected chi connectivity index (χ4v) is 2.10. The third-order valence-corrected chi connectivity index (χ3v) is 3.10. The molecule has 2 N–H and O–H groups in total. The second-order valence-electron chi connectivity index (χ2n) is 4.31. The topological polar surface area (TPSA) is 45.4 Å². The summed E-state index contributed by atoms with van der Waals surface area (Å²) in [6.45, 7) is 1.02. The fraction of sp³-hybridized carbons (Fsp3) is 0.538. The van der Waals surface area contributed by atoms with E-state index in [1.165, 1.54) is 12.8 Å². The number of allylic oxidation sites excluding steroid dienone is 2. The van der Waals surface area contributed by atoms with Crippen molar-refractivity contribution in [1.29, 1.82) is 0 Å². The van der Waals surface area contributed by atoms with E-state index in [-0.39, 0.29) is 12.6 Å². The van der Waals surface area contributed by atoms with E-state index in [2.05, 4.69) is 17.5 Å². The highest BCUT2D eigenvalue weighted by atomic mass is 16.3. The molecule has 88 valence electrons. The average molecular weight is 221 g/mol. The molecule has 0 aromatic carbocycles. The van der Waals surface area contributed by atoms with Crippen molar-refractivity contribution in [3.8, 4) is 0 Å². The minimum atomic E-state index is -0.0686. The van der Waals surface area contributed by atoms with Gasteiger partial charge in [0.25, 0.3) is 0 Å². The van der Waals surface area contributed by atoms with Gasteiger partial charge in [-0.15, -0.1) is 0 Å². The largest absolute Gasteiger partial charge is 0.468 e. The van der Waals surface area contributed by atoms with Crippen LogP contribution in [0, 0.1) is 5.92 Å². The molecule has 2 atom stereocenters. The summed E-state index contributed by atoms with van der Waals surface area (Å²) >= 11 is 0. The smallest absolute Gasteiger partial charge is 0.123 e. The molecule has 1 heterocycles. The third kappa shape index (κ3) is 2.97. The van der Waals surface area contributed by atoms with Gasteiger partial charge in [-0.05, 0) is 43.9 Å². The minimum absolute atomic E-state index is 0.0686. The lowest BCUT2D eigenvalue weighted by Crippen LogP contribution is -2.29. The van der Waals surface area contributed by atoms with E-state index in [0.717, 1.165) is 18.7 Å². The lowest BCUT2D eigenvalue weighted by atomic mass is 9.94. The van der Waals surface area contributed by atoms with Crippen molar-refractivity contribution in [2.24, 2.45) is 5.92 Å². The van der Waals surface area contributed by atoms with Gasteiger partial charge in [0, 0.05) is 0 Å². The summed E-state index contributed by atoms with van der Waals surface area (Å²) in [7, 11) is 0. The van der Waals surface area contributed by atoms with E-state index in [1.54, 1.807) is 6.26 Å². The van der Waals surface area contributed by atoms with Crippen LogP contribution in [0.1, 0.15) is 31.1 Å². The number of nitrogens with one attached hydrogen (secondary N) is 1. The van der Waals surface area contributed by atoms with E-state index in [4.69, 9.17) is 4.42 Å². The number of rotatable bonds is 5. The molecule has 3 nitrogen and oxygen atoms in total. The van der Waals surface area contributed by atoms with Crippen molar-refractivity contribution in [2.45, 2.75) is 25.3 Å². The Labute approximate surface area is 96.2 Å². The van der Waals surface area contributed by atoms with Crippen LogP contribution in [0.2, 0.25) is 0 Å². The lowest BCUT2D eigenvalue weighted by molar-refractivity contribution is 0.219. The van der Waals surface area contributed by atoms with Gasteiger partial charge in [0.2, 0.25) is 0 Å². The zero-order chi connectivity index (χ0) is 11.2. The second kappa shape index (κ2) is 5.87. The summed E-state index contributed by atoms with van der Waals surface area (Å²) in [4.78, 5) is 0. The zero-order valence-electron chi connectivity index (χ0n) is 9.43. The quantitative estimate of drug-likeness (QED) is 0.750. The third-order valence-electron chi connectivity index (χ3n) is 3.10. The van der Waals surface area contributed by atoms with Crippen molar-refractivity contribution in [3.63, 3.8) is 0 Å². The normalized spacial score (nSPS) is 22.2. The van der Waals surface area contributed by atoms with Crippen molar-refractivity contribution in [3.05, 3.63) is 36.3 Å². The molecule has 0 aliphatic heterocycles. The first-order valence-corrected chi connectivity index (χ1v) is 5.93. The van der Waals surface area contributed by atoms with Gasteiger partial charge >= 0.3 is 0 Å². The summed E-state index contributed by atoms with van der Waals surface area (Å²) in [6, 6.07) is 3.68. The van der Waals surface area contributed by atoms with Crippen LogP contribution in [0.5, 0.6) is 0 Å². The molecule has 0 fully saturated rings. The molecule has 0 bridgehead atoms. The van der Waals surface area contributed by atoms with Crippen LogP contribution < -0.4 is 5.32 Å². The molecule has 3 heteroatoms. The highest BCUT2D eigenvalue weighted by Gasteiger charge is 2.15. The maximum atomic E-state index is 9.29. The molecule has 16 heavy (non-hydrogen) atoms. The van der Waals surface area contributed by atoms with Gasteiger partial charge < -0.3 is 14.8 Å². The van der Waals surface area contributed by atoms with Crippen LogP contribution >= 0.6 is 0 Å². The number of aliphatic hydroxyl groups excluding tert-OH is 1. The first-order chi connectivity index (χ1) is 7.90. The van der Waals surface area contributed by atoms with Gasteiger partial charge in [0.1, 0.15) is 5.76 Å². The van der Waals surface area contributed by atoms with Crippen molar-refractivity contribution >= 4 is 0 Å². The molecular formula is C13H19NO2. The molecule has 0 saturated carbocycles. The van der Waals surface area contributed by atoms with Gasteiger partial charge in [0.15, 0.2) is 0 Å². The molecule has 1 aromatic rings. The van der Waals surface area contributed by atoms with Crippen molar-refractivity contribution in [2.75, 3.05) is 13.2 Å². The van der Waals surface area contributed by atoms with Crippen molar-refractivity contribution in [1.82, 2.24) is 5.32 Å². The molecule has 0 saturated heterocycles. The monoisotopic (exact) mass is 221 g/mol. The van der Waals surface area contributed by atoms with Crippen LogP contribution in [-0.4, -0.2) is 18.3 Å². The Bertz CT molecular complexity index is 319. The Morgan fingerprint density at radius 1 is 1.50 bits per heavy atom. The molecule has 0 radical (unpaired) electrons. The van der Waals surface area contributed by atoms with Gasteiger partial charge in [-0.25, -0.2) is 0 Å². The van der Waals surface area contributed by atoms with Gasteiger partial charge in [-0.3, -0.25) is 0 Å². The number of furan rings is 1. The molecular weight excluding hydrogens is 202 g/mol. The van der Waals surface area contributed by atoms with E-state index >= 15 is 0 Å². The minimum Gasteiger partial charge on any atom is -0.468 e. The summed E-state index contributed by atoms with van der Waals surface area (Å²) in [5, 5.41) is 12.7. The summed E-state index contributed by atoms with van der Waals surface area (Å²) in [5.41, 5.74) is 0. The average Bonchev–Trinajstić information content (AvgIpc) is 2.85. The maximum absolute atomic E-state index is 9.29. The molecule has 1 aliphatic rings. The predicted molar refractivity (Wildman–Crippen MR) is 63.0 cm³/mol. The second-order valence-corrected chi connectivity index (χ2v) is 4.31. The predicted octanol–water partition coefficient (Wildman–Crippen LogP) is 2.26. The van der Waals surface area contributed by atoms with Gasteiger partial charge in [-0.1, -0.05) is 12.2 Å². The van der Waals surface area contributed by atoms with Gasteiger partial charge in [0.05, 0.1) is 18.9 Å². The van der Waals surface area contributed by atoms with E-state index in [1.807, 2.05) is 12.1 Å².